The predicted molar refractivity (Wildman–Crippen MR) is 149 cm³/mol. The third-order valence-corrected chi connectivity index (χ3v) is 7.35. The molecule has 5 aromatic rings. The maximum absolute atomic E-state index is 5.02. The molecule has 36 heavy (non-hydrogen) atoms. The number of hydrogen-bond acceptors (Lipinski definition) is 4. The van der Waals surface area contributed by atoms with E-state index in [4.69, 9.17) is 10.1 Å². The molecule has 1 aliphatic heterocycles. The SMILES string of the molecule is Cc1ccc(-c2cc3nc(-c4ccccc4)cc(N4CCN(c5cccc(C)c5C)CC4)n3n2)cc1. The van der Waals surface area contributed by atoms with E-state index in [1.165, 1.54) is 22.4 Å². The Morgan fingerprint density at radius 3 is 2.08 bits per heavy atom. The minimum Gasteiger partial charge on any atom is -0.368 e. The average molecular weight is 474 g/mol. The fourth-order valence-corrected chi connectivity index (χ4v) is 5.06. The van der Waals surface area contributed by atoms with Gasteiger partial charge in [0.25, 0.3) is 0 Å². The molecular weight excluding hydrogens is 442 g/mol. The number of aryl methyl sites for hydroxylation is 2. The van der Waals surface area contributed by atoms with Gasteiger partial charge in [0.1, 0.15) is 5.82 Å². The van der Waals surface area contributed by atoms with Crippen LogP contribution in [0.4, 0.5) is 11.5 Å². The summed E-state index contributed by atoms with van der Waals surface area (Å²) in [5.74, 6) is 1.10. The summed E-state index contributed by atoms with van der Waals surface area (Å²) < 4.78 is 2.02. The van der Waals surface area contributed by atoms with Crippen molar-refractivity contribution in [1.82, 2.24) is 14.6 Å². The number of nitrogens with zero attached hydrogens (tertiary/aromatic N) is 5. The van der Waals surface area contributed by atoms with Crippen LogP contribution in [0.2, 0.25) is 0 Å². The third kappa shape index (κ3) is 4.11. The molecule has 1 saturated heterocycles. The minimum absolute atomic E-state index is 0.874. The maximum Gasteiger partial charge on any atom is 0.158 e. The van der Waals surface area contributed by atoms with Gasteiger partial charge in [-0.3, -0.25) is 0 Å². The predicted octanol–water partition coefficient (Wildman–Crippen LogP) is 6.32. The fraction of sp³-hybridized carbons (Fsp3) is 0.226. The van der Waals surface area contributed by atoms with Crippen LogP contribution < -0.4 is 9.80 Å². The number of fused-ring (bicyclic) bond motifs is 1. The molecule has 0 aliphatic carbocycles. The van der Waals surface area contributed by atoms with Crippen LogP contribution in [0.15, 0.2) is 84.9 Å². The molecule has 5 heteroatoms. The van der Waals surface area contributed by atoms with Crippen molar-refractivity contribution in [3.8, 4) is 22.5 Å². The zero-order valence-electron chi connectivity index (χ0n) is 21.1. The van der Waals surface area contributed by atoms with Gasteiger partial charge in [-0.25, -0.2) is 4.98 Å². The molecule has 0 spiro atoms. The number of rotatable bonds is 4. The van der Waals surface area contributed by atoms with Crippen molar-refractivity contribution >= 4 is 17.2 Å². The summed E-state index contributed by atoms with van der Waals surface area (Å²) in [6, 6.07) is 29.9. The Hall–Kier alpha value is -4.12. The average Bonchev–Trinajstić information content (AvgIpc) is 3.35. The Morgan fingerprint density at radius 1 is 0.639 bits per heavy atom. The Morgan fingerprint density at radius 2 is 1.33 bits per heavy atom. The number of benzene rings is 3. The molecule has 0 bridgehead atoms. The molecule has 3 heterocycles. The molecule has 5 nitrogen and oxygen atoms in total. The molecule has 0 amide bonds. The highest BCUT2D eigenvalue weighted by atomic mass is 15.4. The summed E-state index contributed by atoms with van der Waals surface area (Å²) >= 11 is 0. The van der Waals surface area contributed by atoms with Gasteiger partial charge in [-0.1, -0.05) is 72.3 Å². The second kappa shape index (κ2) is 9.15. The zero-order valence-corrected chi connectivity index (χ0v) is 21.1. The monoisotopic (exact) mass is 473 g/mol. The van der Waals surface area contributed by atoms with Gasteiger partial charge >= 0.3 is 0 Å². The molecule has 1 aliphatic rings. The van der Waals surface area contributed by atoms with Gasteiger partial charge in [0.2, 0.25) is 0 Å². The van der Waals surface area contributed by atoms with Crippen molar-refractivity contribution < 1.29 is 0 Å². The van der Waals surface area contributed by atoms with Crippen molar-refractivity contribution in [2.24, 2.45) is 0 Å². The topological polar surface area (TPSA) is 36.7 Å². The lowest BCUT2D eigenvalue weighted by molar-refractivity contribution is 0.638. The highest BCUT2D eigenvalue weighted by molar-refractivity contribution is 5.71. The summed E-state index contributed by atoms with van der Waals surface area (Å²) in [6.07, 6.45) is 0. The first kappa shape index (κ1) is 22.4. The highest BCUT2D eigenvalue weighted by Crippen LogP contribution is 2.30. The first-order valence-electron chi connectivity index (χ1n) is 12.7. The van der Waals surface area contributed by atoms with E-state index in [9.17, 15) is 0 Å². The van der Waals surface area contributed by atoms with E-state index in [2.05, 4.69) is 109 Å². The van der Waals surface area contributed by atoms with Crippen LogP contribution in [0.5, 0.6) is 0 Å². The van der Waals surface area contributed by atoms with E-state index in [0.717, 1.165) is 60.2 Å². The molecule has 0 radical (unpaired) electrons. The Labute approximate surface area is 212 Å². The standard InChI is InChI=1S/C31H31N5/c1-22-12-14-26(15-13-22)28-20-30-32-27(25-9-5-4-6-10-25)21-31(36(30)33-28)35-18-16-34(17-19-35)29-11-7-8-23(2)24(29)3/h4-15,20-21H,16-19H2,1-3H3. The zero-order chi connectivity index (χ0) is 24.6. The van der Waals surface area contributed by atoms with Gasteiger partial charge in [-0.2, -0.15) is 9.61 Å². The molecular formula is C31H31N5. The van der Waals surface area contributed by atoms with Gasteiger partial charge in [0.05, 0.1) is 11.4 Å². The Kier molecular flexibility index (Phi) is 5.68. The van der Waals surface area contributed by atoms with Gasteiger partial charge in [-0.15, -0.1) is 0 Å². The first-order valence-corrected chi connectivity index (χ1v) is 12.7. The van der Waals surface area contributed by atoms with Gasteiger partial charge in [0, 0.05) is 55.1 Å². The van der Waals surface area contributed by atoms with E-state index in [1.54, 1.807) is 0 Å². The number of aromatic nitrogens is 3. The van der Waals surface area contributed by atoms with E-state index in [0.29, 0.717) is 0 Å². The summed E-state index contributed by atoms with van der Waals surface area (Å²) in [6.45, 7) is 10.3. The van der Waals surface area contributed by atoms with E-state index >= 15 is 0 Å². The molecule has 0 atom stereocenters. The van der Waals surface area contributed by atoms with Crippen LogP contribution in [-0.4, -0.2) is 40.8 Å². The van der Waals surface area contributed by atoms with Crippen LogP contribution >= 0.6 is 0 Å². The van der Waals surface area contributed by atoms with Gasteiger partial charge in [0.15, 0.2) is 5.65 Å². The van der Waals surface area contributed by atoms with Crippen molar-refractivity contribution in [3.05, 3.63) is 102 Å². The second-order valence-corrected chi connectivity index (χ2v) is 9.72. The minimum atomic E-state index is 0.874. The summed E-state index contributed by atoms with van der Waals surface area (Å²) in [7, 11) is 0. The van der Waals surface area contributed by atoms with Crippen molar-refractivity contribution in [3.63, 3.8) is 0 Å². The Bertz CT molecular complexity index is 1510. The lowest BCUT2D eigenvalue weighted by Crippen LogP contribution is -2.47. The largest absolute Gasteiger partial charge is 0.368 e. The lowest BCUT2D eigenvalue weighted by atomic mass is 10.1. The first-order chi connectivity index (χ1) is 17.6. The molecule has 0 unspecified atom stereocenters. The highest BCUT2D eigenvalue weighted by Gasteiger charge is 2.23. The van der Waals surface area contributed by atoms with Crippen LogP contribution in [0, 0.1) is 20.8 Å². The fourth-order valence-electron chi connectivity index (χ4n) is 5.06. The van der Waals surface area contributed by atoms with E-state index < -0.39 is 0 Å². The van der Waals surface area contributed by atoms with Gasteiger partial charge in [-0.05, 0) is 38.0 Å². The molecule has 3 aromatic carbocycles. The molecule has 6 rings (SSSR count). The third-order valence-electron chi connectivity index (χ3n) is 7.35. The van der Waals surface area contributed by atoms with Crippen molar-refractivity contribution in [2.75, 3.05) is 36.0 Å². The molecule has 2 aromatic heterocycles. The summed E-state index contributed by atoms with van der Waals surface area (Å²) in [5.41, 5.74) is 10.3. The van der Waals surface area contributed by atoms with E-state index in [1.807, 2.05) is 10.6 Å². The van der Waals surface area contributed by atoms with Gasteiger partial charge < -0.3 is 9.80 Å². The molecule has 180 valence electrons. The van der Waals surface area contributed by atoms with Crippen LogP contribution in [0.25, 0.3) is 28.2 Å². The normalized spacial score (nSPS) is 14.0. The van der Waals surface area contributed by atoms with Crippen molar-refractivity contribution in [2.45, 2.75) is 20.8 Å². The quantitative estimate of drug-likeness (QED) is 0.306. The lowest BCUT2D eigenvalue weighted by Gasteiger charge is -2.38. The molecule has 0 N–H and O–H groups in total. The Balaban J connectivity index is 1.38. The summed E-state index contributed by atoms with van der Waals surface area (Å²) in [5, 5.41) is 5.02. The van der Waals surface area contributed by atoms with Crippen LogP contribution in [0.3, 0.4) is 0 Å². The number of hydrogen-bond donors (Lipinski definition) is 0. The van der Waals surface area contributed by atoms with Crippen LogP contribution in [-0.2, 0) is 0 Å². The second-order valence-electron chi connectivity index (χ2n) is 9.72. The van der Waals surface area contributed by atoms with Crippen LogP contribution in [0.1, 0.15) is 16.7 Å². The van der Waals surface area contributed by atoms with Crippen molar-refractivity contribution in [1.29, 1.82) is 0 Å². The number of anilines is 2. The smallest absolute Gasteiger partial charge is 0.158 e. The molecule has 1 fully saturated rings. The molecule has 0 saturated carbocycles. The summed E-state index contributed by atoms with van der Waals surface area (Å²) in [4.78, 5) is 9.98. The number of piperazine rings is 1. The maximum atomic E-state index is 5.02. The van der Waals surface area contributed by atoms with E-state index in [-0.39, 0.29) is 0 Å².